The summed E-state index contributed by atoms with van der Waals surface area (Å²) >= 11 is 3.55. The first-order chi connectivity index (χ1) is 10.1. The van der Waals surface area contributed by atoms with Gasteiger partial charge in [-0.3, -0.25) is 0 Å². The fourth-order valence-electron chi connectivity index (χ4n) is 2.65. The smallest absolute Gasteiger partial charge is 0.0741 e. The van der Waals surface area contributed by atoms with E-state index in [1.165, 1.54) is 11.3 Å². The maximum Gasteiger partial charge on any atom is 0.0741 e. The maximum absolute atomic E-state index is 10.1. The molecule has 0 spiro atoms. The summed E-state index contributed by atoms with van der Waals surface area (Å²) in [4.78, 5) is 2.29. The van der Waals surface area contributed by atoms with Gasteiger partial charge in [0, 0.05) is 43.4 Å². The van der Waals surface area contributed by atoms with Crippen molar-refractivity contribution in [2.75, 3.05) is 38.3 Å². The third kappa shape index (κ3) is 4.68. The van der Waals surface area contributed by atoms with E-state index < -0.39 is 0 Å². The number of aliphatic hydroxyl groups excluding tert-OH is 1. The number of methoxy groups -OCH3 is 1. The number of hydrogen-bond acceptors (Lipinski definition) is 4. The molecule has 0 aliphatic carbocycles. The highest BCUT2D eigenvalue weighted by Crippen LogP contribution is 2.29. The van der Waals surface area contributed by atoms with Gasteiger partial charge < -0.3 is 20.1 Å². The zero-order valence-corrected chi connectivity index (χ0v) is 14.4. The predicted molar refractivity (Wildman–Crippen MR) is 89.7 cm³/mol. The Labute approximate surface area is 135 Å². The van der Waals surface area contributed by atoms with E-state index in [2.05, 4.69) is 51.3 Å². The van der Waals surface area contributed by atoms with Gasteiger partial charge in [0.15, 0.2) is 0 Å². The number of hydrogen-bond donors (Lipinski definition) is 2. The minimum absolute atomic E-state index is 0.243. The van der Waals surface area contributed by atoms with Gasteiger partial charge in [0.05, 0.1) is 12.7 Å². The Balaban J connectivity index is 2.07. The number of nitrogens with zero attached hydrogens (tertiary/aromatic N) is 1. The van der Waals surface area contributed by atoms with Crippen LogP contribution in [0.15, 0.2) is 22.7 Å². The van der Waals surface area contributed by atoms with Crippen molar-refractivity contribution in [2.45, 2.75) is 26.0 Å². The van der Waals surface area contributed by atoms with Gasteiger partial charge in [-0.2, -0.15) is 0 Å². The summed E-state index contributed by atoms with van der Waals surface area (Å²) in [6.07, 6.45) is 0.788. The normalized spacial score (nSPS) is 22.6. The van der Waals surface area contributed by atoms with Gasteiger partial charge in [-0.1, -0.05) is 28.9 Å². The second-order valence-electron chi connectivity index (χ2n) is 5.72. The second-order valence-corrected chi connectivity index (χ2v) is 6.64. The summed E-state index contributed by atoms with van der Waals surface area (Å²) in [5.74, 6) is 0.386. The molecule has 118 valence electrons. The number of rotatable bonds is 6. The van der Waals surface area contributed by atoms with E-state index in [1.54, 1.807) is 7.11 Å². The zero-order chi connectivity index (χ0) is 15.2. The first-order valence-electron chi connectivity index (χ1n) is 7.53. The van der Waals surface area contributed by atoms with Crippen LogP contribution in [0, 0.1) is 5.92 Å². The van der Waals surface area contributed by atoms with E-state index in [1.807, 2.05) is 0 Å². The zero-order valence-electron chi connectivity index (χ0n) is 12.8. The Morgan fingerprint density at radius 1 is 1.48 bits per heavy atom. The SMILES string of the molecule is COCCNCc1ccc(Br)cc1N1CCC(C)C(O)C1. The van der Waals surface area contributed by atoms with Crippen molar-refractivity contribution in [1.29, 1.82) is 0 Å². The van der Waals surface area contributed by atoms with Crippen LogP contribution in [0.5, 0.6) is 0 Å². The monoisotopic (exact) mass is 356 g/mol. The first kappa shape index (κ1) is 16.7. The lowest BCUT2D eigenvalue weighted by Gasteiger charge is -2.37. The maximum atomic E-state index is 10.1. The molecule has 1 aromatic carbocycles. The van der Waals surface area contributed by atoms with Gasteiger partial charge in [0.25, 0.3) is 0 Å². The van der Waals surface area contributed by atoms with Crippen LogP contribution in [0.25, 0.3) is 0 Å². The molecule has 0 radical (unpaired) electrons. The van der Waals surface area contributed by atoms with Crippen LogP contribution in [-0.2, 0) is 11.3 Å². The van der Waals surface area contributed by atoms with Crippen LogP contribution in [0.2, 0.25) is 0 Å². The molecule has 5 heteroatoms. The topological polar surface area (TPSA) is 44.7 Å². The number of piperidine rings is 1. The molecular formula is C16H25BrN2O2. The van der Waals surface area contributed by atoms with Crippen LogP contribution in [-0.4, -0.2) is 44.6 Å². The number of halogens is 1. The van der Waals surface area contributed by atoms with E-state index in [4.69, 9.17) is 4.74 Å². The van der Waals surface area contributed by atoms with Crippen LogP contribution < -0.4 is 10.2 Å². The standard InChI is InChI=1S/C16H25BrN2O2/c1-12-5-7-19(11-16(12)20)15-9-14(17)4-3-13(15)10-18-6-8-21-2/h3-4,9,12,16,18,20H,5-8,10-11H2,1-2H3. The molecule has 2 N–H and O–H groups in total. The van der Waals surface area contributed by atoms with Crippen molar-refractivity contribution in [2.24, 2.45) is 5.92 Å². The highest BCUT2D eigenvalue weighted by Gasteiger charge is 2.25. The average molecular weight is 357 g/mol. The molecule has 1 saturated heterocycles. The van der Waals surface area contributed by atoms with Crippen molar-refractivity contribution < 1.29 is 9.84 Å². The molecule has 1 aliphatic rings. The van der Waals surface area contributed by atoms with Crippen molar-refractivity contribution in [3.63, 3.8) is 0 Å². The van der Waals surface area contributed by atoms with Crippen molar-refractivity contribution in [3.8, 4) is 0 Å². The molecule has 0 aromatic heterocycles. The molecular weight excluding hydrogens is 332 g/mol. The third-order valence-corrected chi connectivity index (χ3v) is 4.60. The molecule has 0 saturated carbocycles. The summed E-state index contributed by atoms with van der Waals surface area (Å²) in [6.45, 7) is 6.20. The highest BCUT2D eigenvalue weighted by atomic mass is 79.9. The van der Waals surface area contributed by atoms with Crippen molar-refractivity contribution >= 4 is 21.6 Å². The molecule has 0 amide bonds. The lowest BCUT2D eigenvalue weighted by Crippen LogP contribution is -2.43. The summed E-state index contributed by atoms with van der Waals surface area (Å²) < 4.78 is 6.13. The van der Waals surface area contributed by atoms with Gasteiger partial charge >= 0.3 is 0 Å². The van der Waals surface area contributed by atoms with E-state index in [0.29, 0.717) is 19.1 Å². The minimum Gasteiger partial charge on any atom is -0.391 e. The van der Waals surface area contributed by atoms with Crippen molar-refractivity contribution in [1.82, 2.24) is 5.32 Å². The van der Waals surface area contributed by atoms with Crippen LogP contribution in [0.1, 0.15) is 18.9 Å². The average Bonchev–Trinajstić information content (AvgIpc) is 2.48. The van der Waals surface area contributed by atoms with Gasteiger partial charge in [-0.05, 0) is 30.0 Å². The fraction of sp³-hybridized carbons (Fsp3) is 0.625. The van der Waals surface area contributed by atoms with E-state index >= 15 is 0 Å². The molecule has 2 rings (SSSR count). The third-order valence-electron chi connectivity index (χ3n) is 4.11. The Kier molecular flexibility index (Phi) is 6.48. The summed E-state index contributed by atoms with van der Waals surface area (Å²) in [7, 11) is 1.71. The summed E-state index contributed by atoms with van der Waals surface area (Å²) in [5, 5.41) is 13.5. The Morgan fingerprint density at radius 2 is 2.29 bits per heavy atom. The van der Waals surface area contributed by atoms with Crippen LogP contribution >= 0.6 is 15.9 Å². The molecule has 0 bridgehead atoms. The van der Waals surface area contributed by atoms with Gasteiger partial charge in [-0.25, -0.2) is 0 Å². The Hall–Kier alpha value is -0.620. The van der Waals surface area contributed by atoms with Crippen LogP contribution in [0.3, 0.4) is 0 Å². The molecule has 1 aliphatic heterocycles. The molecule has 4 nitrogen and oxygen atoms in total. The molecule has 1 heterocycles. The van der Waals surface area contributed by atoms with E-state index in [0.717, 1.165) is 30.5 Å². The summed E-state index contributed by atoms with van der Waals surface area (Å²) in [5.41, 5.74) is 2.47. The van der Waals surface area contributed by atoms with Crippen LogP contribution in [0.4, 0.5) is 5.69 Å². The lowest BCUT2D eigenvalue weighted by molar-refractivity contribution is 0.103. The highest BCUT2D eigenvalue weighted by molar-refractivity contribution is 9.10. The quantitative estimate of drug-likeness (QED) is 0.768. The molecule has 1 aromatic rings. The molecule has 2 atom stereocenters. The Bertz CT molecular complexity index is 456. The number of nitrogens with one attached hydrogen (secondary N) is 1. The Morgan fingerprint density at radius 3 is 3.00 bits per heavy atom. The predicted octanol–water partition coefficient (Wildman–Crippen LogP) is 2.39. The minimum atomic E-state index is -0.243. The summed E-state index contributed by atoms with van der Waals surface area (Å²) in [6, 6.07) is 6.36. The second kappa shape index (κ2) is 8.13. The van der Waals surface area contributed by atoms with Gasteiger partial charge in [-0.15, -0.1) is 0 Å². The lowest BCUT2D eigenvalue weighted by atomic mass is 9.95. The molecule has 2 unspecified atom stereocenters. The number of β-amino-alcohol motifs (C(OH)–C–C–N with tert-alkyl or cyclic N) is 1. The van der Waals surface area contributed by atoms with Crippen molar-refractivity contribution in [3.05, 3.63) is 28.2 Å². The van der Waals surface area contributed by atoms with Gasteiger partial charge in [0.1, 0.15) is 0 Å². The number of aliphatic hydroxyl groups is 1. The van der Waals surface area contributed by atoms with Gasteiger partial charge in [0.2, 0.25) is 0 Å². The first-order valence-corrected chi connectivity index (χ1v) is 8.32. The number of benzene rings is 1. The number of ether oxygens (including phenoxy) is 1. The van der Waals surface area contributed by atoms with E-state index in [-0.39, 0.29) is 6.10 Å². The molecule has 21 heavy (non-hydrogen) atoms. The van der Waals surface area contributed by atoms with E-state index in [9.17, 15) is 5.11 Å². The number of anilines is 1. The molecule has 1 fully saturated rings. The fourth-order valence-corrected chi connectivity index (χ4v) is 2.99. The largest absolute Gasteiger partial charge is 0.391 e.